The molecule has 0 unspecified atom stereocenters. The lowest BCUT2D eigenvalue weighted by Crippen LogP contribution is -1.96. The highest BCUT2D eigenvalue weighted by molar-refractivity contribution is 9.10. The fourth-order valence-electron chi connectivity index (χ4n) is 1.68. The zero-order valence-corrected chi connectivity index (χ0v) is 10.9. The number of aromatic nitrogens is 1. The number of aryl methyl sites for hydroxylation is 3. The summed E-state index contributed by atoms with van der Waals surface area (Å²) >= 11 is 3.59. The van der Waals surface area contributed by atoms with E-state index in [9.17, 15) is 0 Å². The molecule has 2 aromatic rings. The van der Waals surface area contributed by atoms with Crippen molar-refractivity contribution in [1.29, 1.82) is 0 Å². The molecule has 0 amide bonds. The number of rotatable bonds is 3. The maximum Gasteiger partial charge on any atom is 0.0551 e. The molecule has 0 saturated carbocycles. The Bertz CT molecular complexity index is 465. The van der Waals surface area contributed by atoms with Gasteiger partial charge in [-0.3, -0.25) is 4.98 Å². The fourth-order valence-corrected chi connectivity index (χ4v) is 2.11. The van der Waals surface area contributed by atoms with Crippen LogP contribution in [0.3, 0.4) is 0 Å². The summed E-state index contributed by atoms with van der Waals surface area (Å²) in [6, 6.07) is 12.5. The van der Waals surface area contributed by atoms with Gasteiger partial charge in [0, 0.05) is 10.7 Å². The molecule has 1 heterocycles. The summed E-state index contributed by atoms with van der Waals surface area (Å²) in [5.41, 5.74) is 3.75. The van der Waals surface area contributed by atoms with Gasteiger partial charge in [0.25, 0.3) is 0 Å². The summed E-state index contributed by atoms with van der Waals surface area (Å²) < 4.78 is 1.14. The number of pyridine rings is 1. The Morgan fingerprint density at radius 1 is 1.06 bits per heavy atom. The summed E-state index contributed by atoms with van der Waals surface area (Å²) in [7, 11) is 0. The average Bonchev–Trinajstić information content (AvgIpc) is 2.32. The van der Waals surface area contributed by atoms with Crippen LogP contribution in [0.25, 0.3) is 0 Å². The van der Waals surface area contributed by atoms with Gasteiger partial charge in [-0.2, -0.15) is 0 Å². The van der Waals surface area contributed by atoms with E-state index < -0.39 is 0 Å². The first-order valence-electron chi connectivity index (χ1n) is 5.41. The monoisotopic (exact) mass is 275 g/mol. The molecule has 0 aliphatic rings. The fraction of sp³-hybridized carbons (Fsp3) is 0.214. The van der Waals surface area contributed by atoms with Crippen LogP contribution in [0.15, 0.2) is 47.1 Å². The van der Waals surface area contributed by atoms with Crippen molar-refractivity contribution in [2.75, 3.05) is 0 Å². The van der Waals surface area contributed by atoms with Gasteiger partial charge in [-0.1, -0.05) is 30.3 Å². The van der Waals surface area contributed by atoms with Crippen molar-refractivity contribution in [3.63, 3.8) is 0 Å². The number of hydrogen-bond donors (Lipinski definition) is 0. The third kappa shape index (κ3) is 2.70. The molecule has 2 rings (SSSR count). The quantitative estimate of drug-likeness (QED) is 0.827. The maximum absolute atomic E-state index is 4.41. The highest BCUT2D eigenvalue weighted by atomic mass is 79.9. The van der Waals surface area contributed by atoms with Crippen molar-refractivity contribution in [2.24, 2.45) is 0 Å². The Balaban J connectivity index is 2.08. The first-order chi connectivity index (χ1) is 7.77. The van der Waals surface area contributed by atoms with E-state index in [0.717, 1.165) is 23.0 Å². The van der Waals surface area contributed by atoms with Gasteiger partial charge in [0.1, 0.15) is 0 Å². The van der Waals surface area contributed by atoms with Crippen molar-refractivity contribution in [3.8, 4) is 0 Å². The van der Waals surface area contributed by atoms with E-state index >= 15 is 0 Å². The second-order valence-corrected chi connectivity index (χ2v) is 4.67. The van der Waals surface area contributed by atoms with E-state index in [1.165, 1.54) is 11.1 Å². The predicted octanol–water partition coefficient (Wildman–Crippen LogP) is 3.94. The lowest BCUT2D eigenvalue weighted by atomic mass is 10.1. The van der Waals surface area contributed by atoms with Crippen molar-refractivity contribution in [2.45, 2.75) is 19.8 Å². The first kappa shape index (κ1) is 11.3. The van der Waals surface area contributed by atoms with Gasteiger partial charge in [-0.05, 0) is 52.9 Å². The Kier molecular flexibility index (Phi) is 3.73. The summed E-state index contributed by atoms with van der Waals surface area (Å²) in [5.74, 6) is 0. The van der Waals surface area contributed by atoms with Crippen LogP contribution in [0.5, 0.6) is 0 Å². The SMILES string of the molecule is Cc1ccnc(CCc2ccccc2)c1Br. The van der Waals surface area contributed by atoms with Gasteiger partial charge >= 0.3 is 0 Å². The zero-order valence-electron chi connectivity index (χ0n) is 9.28. The van der Waals surface area contributed by atoms with E-state index in [-0.39, 0.29) is 0 Å². The van der Waals surface area contributed by atoms with Crippen LogP contribution in [-0.2, 0) is 12.8 Å². The van der Waals surface area contributed by atoms with Gasteiger partial charge in [-0.25, -0.2) is 0 Å². The third-order valence-electron chi connectivity index (χ3n) is 2.65. The molecular formula is C14H14BrN. The summed E-state index contributed by atoms with van der Waals surface area (Å²) in [6.45, 7) is 2.10. The van der Waals surface area contributed by atoms with Crippen LogP contribution in [0, 0.1) is 6.92 Å². The summed E-state index contributed by atoms with van der Waals surface area (Å²) in [5, 5.41) is 0. The normalized spacial score (nSPS) is 10.4. The lowest BCUT2D eigenvalue weighted by molar-refractivity contribution is 0.902. The van der Waals surface area contributed by atoms with Gasteiger partial charge in [-0.15, -0.1) is 0 Å². The highest BCUT2D eigenvalue weighted by Crippen LogP contribution is 2.20. The van der Waals surface area contributed by atoms with Crippen LogP contribution in [-0.4, -0.2) is 4.98 Å². The molecule has 0 fully saturated rings. The summed E-state index contributed by atoms with van der Waals surface area (Å²) in [4.78, 5) is 4.41. The van der Waals surface area contributed by atoms with Crippen LogP contribution in [0.4, 0.5) is 0 Å². The number of hydrogen-bond acceptors (Lipinski definition) is 1. The molecule has 0 radical (unpaired) electrons. The molecule has 1 aromatic carbocycles. The third-order valence-corrected chi connectivity index (χ3v) is 3.73. The van der Waals surface area contributed by atoms with E-state index in [2.05, 4.69) is 52.1 Å². The molecule has 0 bridgehead atoms. The van der Waals surface area contributed by atoms with Crippen molar-refractivity contribution in [3.05, 3.63) is 63.9 Å². The maximum atomic E-state index is 4.41. The standard InChI is InChI=1S/C14H14BrN/c1-11-9-10-16-13(14(11)15)8-7-12-5-3-2-4-6-12/h2-6,9-10H,7-8H2,1H3. The Hall–Kier alpha value is -1.15. The van der Waals surface area contributed by atoms with Crippen molar-refractivity contribution in [1.82, 2.24) is 4.98 Å². The number of nitrogens with zero attached hydrogens (tertiary/aromatic N) is 1. The molecule has 0 saturated heterocycles. The average molecular weight is 276 g/mol. The van der Waals surface area contributed by atoms with Gasteiger partial charge in [0.2, 0.25) is 0 Å². The highest BCUT2D eigenvalue weighted by Gasteiger charge is 2.03. The molecule has 0 aliphatic carbocycles. The Labute approximate surface area is 105 Å². The van der Waals surface area contributed by atoms with Crippen LogP contribution in [0.1, 0.15) is 16.8 Å². The zero-order chi connectivity index (χ0) is 11.4. The van der Waals surface area contributed by atoms with Crippen LogP contribution >= 0.6 is 15.9 Å². The molecule has 0 spiro atoms. The smallest absolute Gasteiger partial charge is 0.0551 e. The second kappa shape index (κ2) is 5.26. The molecule has 0 atom stereocenters. The number of benzene rings is 1. The first-order valence-corrected chi connectivity index (χ1v) is 6.20. The van der Waals surface area contributed by atoms with Crippen molar-refractivity contribution < 1.29 is 0 Å². The minimum Gasteiger partial charge on any atom is -0.260 e. The predicted molar refractivity (Wildman–Crippen MR) is 70.5 cm³/mol. The molecule has 2 heteroatoms. The van der Waals surface area contributed by atoms with E-state index in [0.29, 0.717) is 0 Å². The molecule has 0 aliphatic heterocycles. The number of halogens is 1. The van der Waals surface area contributed by atoms with Crippen molar-refractivity contribution >= 4 is 15.9 Å². The molecule has 82 valence electrons. The molecule has 1 nitrogen and oxygen atoms in total. The molecular weight excluding hydrogens is 262 g/mol. The van der Waals surface area contributed by atoms with Gasteiger partial charge in [0.05, 0.1) is 5.69 Å². The Morgan fingerprint density at radius 2 is 1.81 bits per heavy atom. The van der Waals surface area contributed by atoms with Gasteiger partial charge < -0.3 is 0 Å². The summed E-state index contributed by atoms with van der Waals surface area (Å²) in [6.07, 6.45) is 3.89. The van der Waals surface area contributed by atoms with E-state index in [1.54, 1.807) is 0 Å². The molecule has 1 aromatic heterocycles. The van der Waals surface area contributed by atoms with E-state index in [1.807, 2.05) is 18.3 Å². The minimum absolute atomic E-state index is 0.978. The van der Waals surface area contributed by atoms with Gasteiger partial charge in [0.15, 0.2) is 0 Å². The van der Waals surface area contributed by atoms with Crippen LogP contribution < -0.4 is 0 Å². The molecule has 0 N–H and O–H groups in total. The molecule has 16 heavy (non-hydrogen) atoms. The second-order valence-electron chi connectivity index (χ2n) is 3.87. The lowest BCUT2D eigenvalue weighted by Gasteiger charge is -2.05. The minimum atomic E-state index is 0.978. The van der Waals surface area contributed by atoms with E-state index in [4.69, 9.17) is 0 Å². The van der Waals surface area contributed by atoms with Crippen LogP contribution in [0.2, 0.25) is 0 Å². The topological polar surface area (TPSA) is 12.9 Å². The Morgan fingerprint density at radius 3 is 2.56 bits per heavy atom. The largest absolute Gasteiger partial charge is 0.260 e.